The van der Waals surface area contributed by atoms with E-state index in [-0.39, 0.29) is 5.43 Å². The lowest BCUT2D eigenvalue weighted by molar-refractivity contribution is 0.415. The van der Waals surface area contributed by atoms with Crippen LogP contribution >= 0.6 is 0 Å². The summed E-state index contributed by atoms with van der Waals surface area (Å²) in [6, 6.07) is 5.53. The van der Waals surface area contributed by atoms with Gasteiger partial charge >= 0.3 is 0 Å². The van der Waals surface area contributed by atoms with Crippen molar-refractivity contribution >= 4 is 10.9 Å². The van der Waals surface area contributed by atoms with E-state index in [4.69, 9.17) is 4.74 Å². The number of aromatic amines is 1. The highest BCUT2D eigenvalue weighted by atomic mass is 16.5. The number of nitrogens with one attached hydrogen (secondary N) is 1. The molecule has 0 aliphatic rings. The van der Waals surface area contributed by atoms with Crippen molar-refractivity contribution in [3.8, 4) is 5.75 Å². The molecule has 24 heavy (non-hydrogen) atoms. The Hall–Kier alpha value is -2.29. The summed E-state index contributed by atoms with van der Waals surface area (Å²) in [4.78, 5) is 16.1. The normalized spacial score (nSPS) is 11.6. The van der Waals surface area contributed by atoms with Gasteiger partial charge in [0.15, 0.2) is 5.43 Å². The van der Waals surface area contributed by atoms with Gasteiger partial charge in [-0.1, -0.05) is 23.3 Å². The topological polar surface area (TPSA) is 42.1 Å². The van der Waals surface area contributed by atoms with Gasteiger partial charge in [-0.05, 0) is 59.1 Å². The number of benzene rings is 1. The number of rotatable bonds is 6. The number of hydrogen-bond donors (Lipinski definition) is 1. The Morgan fingerprint density at radius 3 is 2.62 bits per heavy atom. The predicted octanol–water partition coefficient (Wildman–Crippen LogP) is 5.08. The molecule has 0 fully saturated rings. The summed E-state index contributed by atoms with van der Waals surface area (Å²) in [7, 11) is 1.63. The number of pyridine rings is 1. The minimum atomic E-state index is 0.109. The number of ether oxygens (including phenoxy) is 1. The quantitative estimate of drug-likeness (QED) is 0.752. The molecule has 2 rings (SSSR count). The predicted molar refractivity (Wildman–Crippen MR) is 102 cm³/mol. The average Bonchev–Trinajstić information content (AvgIpc) is 2.53. The van der Waals surface area contributed by atoms with Gasteiger partial charge < -0.3 is 9.72 Å². The van der Waals surface area contributed by atoms with E-state index in [2.05, 4.69) is 37.9 Å². The zero-order chi connectivity index (χ0) is 17.7. The SMILES string of the molecule is COc1ccc2c(=O)c(C/C=C(\C)CCC=C(C)C)c(C)[nH]c2c1. The molecule has 0 unspecified atom stereocenters. The fourth-order valence-electron chi connectivity index (χ4n) is 2.77. The molecule has 1 heterocycles. The summed E-state index contributed by atoms with van der Waals surface area (Å²) in [6.45, 7) is 8.33. The summed E-state index contributed by atoms with van der Waals surface area (Å²) < 4.78 is 5.23. The van der Waals surface area contributed by atoms with Gasteiger partial charge in [-0.25, -0.2) is 0 Å². The molecule has 0 aliphatic heterocycles. The third-order valence-corrected chi connectivity index (χ3v) is 4.27. The Morgan fingerprint density at radius 2 is 1.96 bits per heavy atom. The molecule has 128 valence electrons. The third-order valence-electron chi connectivity index (χ3n) is 4.27. The van der Waals surface area contributed by atoms with E-state index >= 15 is 0 Å². The average molecular weight is 325 g/mol. The summed E-state index contributed by atoms with van der Waals surface area (Å²) >= 11 is 0. The van der Waals surface area contributed by atoms with Crippen LogP contribution in [0.25, 0.3) is 10.9 Å². The molecule has 0 spiro atoms. The van der Waals surface area contributed by atoms with E-state index in [1.807, 2.05) is 25.1 Å². The largest absolute Gasteiger partial charge is 0.497 e. The van der Waals surface area contributed by atoms with Gasteiger partial charge in [0.1, 0.15) is 5.75 Å². The van der Waals surface area contributed by atoms with Gasteiger partial charge in [0.25, 0.3) is 0 Å². The summed E-state index contributed by atoms with van der Waals surface area (Å²) in [5.74, 6) is 0.750. The third kappa shape index (κ3) is 4.38. The van der Waals surface area contributed by atoms with E-state index in [1.165, 1.54) is 11.1 Å². The zero-order valence-electron chi connectivity index (χ0n) is 15.3. The van der Waals surface area contributed by atoms with Crippen molar-refractivity contribution in [3.63, 3.8) is 0 Å². The van der Waals surface area contributed by atoms with Crippen LogP contribution in [0.3, 0.4) is 0 Å². The van der Waals surface area contributed by atoms with Crippen molar-refractivity contribution < 1.29 is 4.74 Å². The smallest absolute Gasteiger partial charge is 0.193 e. The lowest BCUT2D eigenvalue weighted by Crippen LogP contribution is -2.13. The second kappa shape index (κ2) is 8.00. The van der Waals surface area contributed by atoms with Crippen molar-refractivity contribution in [1.82, 2.24) is 4.98 Å². The Bertz CT molecular complexity index is 837. The lowest BCUT2D eigenvalue weighted by Gasteiger charge is -2.08. The molecule has 0 saturated heterocycles. The Labute approximate surface area is 144 Å². The van der Waals surface area contributed by atoms with Crippen molar-refractivity contribution in [3.05, 3.63) is 63.0 Å². The van der Waals surface area contributed by atoms with E-state index in [1.54, 1.807) is 7.11 Å². The minimum absolute atomic E-state index is 0.109. The van der Waals surface area contributed by atoms with Crippen molar-refractivity contribution in [2.75, 3.05) is 7.11 Å². The molecule has 1 aromatic carbocycles. The number of allylic oxidation sites excluding steroid dienone is 4. The second-order valence-corrected chi connectivity index (χ2v) is 6.54. The van der Waals surface area contributed by atoms with Crippen LogP contribution in [0.15, 0.2) is 46.3 Å². The van der Waals surface area contributed by atoms with Crippen molar-refractivity contribution in [2.24, 2.45) is 0 Å². The van der Waals surface area contributed by atoms with Crippen LogP contribution in [0.4, 0.5) is 0 Å². The first-order chi connectivity index (χ1) is 11.4. The van der Waals surface area contributed by atoms with E-state index in [9.17, 15) is 4.79 Å². The standard InChI is InChI=1S/C21H27NO2/c1-14(2)7-6-8-15(3)9-11-18-16(4)22-20-13-17(24-5)10-12-19(20)21(18)23/h7,9-10,12-13H,6,8,11H2,1-5H3,(H,22,23)/b15-9+. The number of hydrogen-bond acceptors (Lipinski definition) is 2. The Morgan fingerprint density at radius 1 is 1.21 bits per heavy atom. The van der Waals surface area contributed by atoms with Gasteiger partial charge in [0.2, 0.25) is 0 Å². The molecule has 0 saturated carbocycles. The number of methoxy groups -OCH3 is 1. The zero-order valence-corrected chi connectivity index (χ0v) is 15.3. The molecule has 3 heteroatoms. The summed E-state index contributed by atoms with van der Waals surface area (Å²) in [6.07, 6.45) is 7.18. The maximum atomic E-state index is 12.8. The van der Waals surface area contributed by atoms with Crippen LogP contribution in [-0.4, -0.2) is 12.1 Å². The molecular formula is C21H27NO2. The molecule has 0 aliphatic carbocycles. The number of aryl methyl sites for hydroxylation is 1. The van der Waals surface area contributed by atoms with Crippen LogP contribution in [0.2, 0.25) is 0 Å². The van der Waals surface area contributed by atoms with Gasteiger partial charge in [0.05, 0.1) is 12.6 Å². The highest BCUT2D eigenvalue weighted by molar-refractivity contribution is 5.81. The van der Waals surface area contributed by atoms with Gasteiger partial charge in [-0.15, -0.1) is 0 Å². The summed E-state index contributed by atoms with van der Waals surface area (Å²) in [5.41, 5.74) is 5.37. The summed E-state index contributed by atoms with van der Waals surface area (Å²) in [5, 5.41) is 0.715. The van der Waals surface area contributed by atoms with E-state index in [0.29, 0.717) is 11.8 Å². The molecule has 0 bridgehead atoms. The first-order valence-corrected chi connectivity index (χ1v) is 8.41. The fourth-order valence-corrected chi connectivity index (χ4v) is 2.77. The molecule has 2 aromatic rings. The van der Waals surface area contributed by atoms with Gasteiger partial charge in [-0.2, -0.15) is 0 Å². The molecule has 1 N–H and O–H groups in total. The van der Waals surface area contributed by atoms with Crippen LogP contribution in [0.5, 0.6) is 5.75 Å². The minimum Gasteiger partial charge on any atom is -0.497 e. The van der Waals surface area contributed by atoms with Gasteiger partial charge in [-0.3, -0.25) is 4.79 Å². The highest BCUT2D eigenvalue weighted by Crippen LogP contribution is 2.19. The molecule has 0 atom stereocenters. The molecule has 0 radical (unpaired) electrons. The molecule has 1 aromatic heterocycles. The number of H-pyrrole nitrogens is 1. The number of aromatic nitrogens is 1. The maximum absolute atomic E-state index is 12.8. The van der Waals surface area contributed by atoms with E-state index < -0.39 is 0 Å². The number of fused-ring (bicyclic) bond motifs is 1. The van der Waals surface area contributed by atoms with Crippen LogP contribution in [-0.2, 0) is 6.42 Å². The first-order valence-electron chi connectivity index (χ1n) is 8.41. The van der Waals surface area contributed by atoms with Gasteiger partial charge in [0, 0.05) is 22.7 Å². The Balaban J connectivity index is 2.26. The van der Waals surface area contributed by atoms with Crippen molar-refractivity contribution in [1.29, 1.82) is 0 Å². The van der Waals surface area contributed by atoms with E-state index in [0.717, 1.165) is 35.4 Å². The molecule has 0 amide bonds. The molecule has 3 nitrogen and oxygen atoms in total. The Kier molecular flexibility index (Phi) is 6.02. The van der Waals surface area contributed by atoms with Crippen LogP contribution in [0, 0.1) is 6.92 Å². The highest BCUT2D eigenvalue weighted by Gasteiger charge is 2.09. The van der Waals surface area contributed by atoms with Crippen LogP contribution < -0.4 is 10.2 Å². The molecular weight excluding hydrogens is 298 g/mol. The van der Waals surface area contributed by atoms with Crippen molar-refractivity contribution in [2.45, 2.75) is 47.0 Å². The second-order valence-electron chi connectivity index (χ2n) is 6.54. The maximum Gasteiger partial charge on any atom is 0.193 e. The van der Waals surface area contributed by atoms with Crippen LogP contribution in [0.1, 0.15) is 44.9 Å². The first kappa shape index (κ1) is 18.1. The lowest BCUT2D eigenvalue weighted by atomic mass is 10.0. The monoisotopic (exact) mass is 325 g/mol. The fraction of sp³-hybridized carbons (Fsp3) is 0.381.